The van der Waals surface area contributed by atoms with Crippen LogP contribution >= 0.6 is 0 Å². The number of nitrogens with zero attached hydrogens (tertiary/aromatic N) is 3. The van der Waals surface area contributed by atoms with E-state index in [1.807, 2.05) is 23.1 Å². The summed E-state index contributed by atoms with van der Waals surface area (Å²) in [5.74, 6) is -0.112. The zero-order valence-corrected chi connectivity index (χ0v) is 19.3. The van der Waals surface area contributed by atoms with E-state index in [4.69, 9.17) is 5.11 Å². The van der Waals surface area contributed by atoms with Crippen LogP contribution in [0.2, 0.25) is 0 Å². The van der Waals surface area contributed by atoms with E-state index in [9.17, 15) is 25.2 Å². The van der Waals surface area contributed by atoms with Gasteiger partial charge in [0.1, 0.15) is 18.3 Å². The summed E-state index contributed by atoms with van der Waals surface area (Å²) < 4.78 is 4.29. The van der Waals surface area contributed by atoms with E-state index in [-0.39, 0.29) is 18.5 Å². The van der Waals surface area contributed by atoms with Gasteiger partial charge < -0.3 is 35.7 Å². The molecule has 1 aromatic heterocycles. The molecule has 184 valence electrons. The van der Waals surface area contributed by atoms with Gasteiger partial charge in [-0.25, -0.2) is 9.13 Å². The molecule has 1 fully saturated rings. The summed E-state index contributed by atoms with van der Waals surface area (Å²) in [7, 11) is 0. The molecule has 4 atom stereocenters. The second-order valence-electron chi connectivity index (χ2n) is 8.74. The number of aryl methyl sites for hydroxylation is 2. The fourth-order valence-corrected chi connectivity index (χ4v) is 4.40. The van der Waals surface area contributed by atoms with E-state index in [0.29, 0.717) is 31.5 Å². The number of amides is 1. The van der Waals surface area contributed by atoms with Crippen molar-refractivity contribution in [3.05, 3.63) is 30.1 Å². The molecule has 1 amide bonds. The van der Waals surface area contributed by atoms with Crippen molar-refractivity contribution in [1.29, 1.82) is 0 Å². The molecule has 0 radical (unpaired) electrons. The van der Waals surface area contributed by atoms with Crippen LogP contribution in [0.4, 0.5) is 0 Å². The number of aliphatic hydroxyl groups is 5. The number of hydrogen-bond acceptors (Lipinski definition) is 7. The summed E-state index contributed by atoms with van der Waals surface area (Å²) in [5.41, 5.74) is 2.75. The molecule has 1 aliphatic rings. The van der Waals surface area contributed by atoms with Crippen molar-refractivity contribution < 1.29 is 34.9 Å². The maximum Gasteiger partial charge on any atom is 0.251 e. The van der Waals surface area contributed by atoms with Crippen molar-refractivity contribution in [2.75, 3.05) is 26.2 Å². The smallest absolute Gasteiger partial charge is 0.251 e. The molecule has 0 unspecified atom stereocenters. The summed E-state index contributed by atoms with van der Waals surface area (Å²) in [6, 6.07) is 5.77. The minimum atomic E-state index is -1.63. The predicted molar refractivity (Wildman–Crippen MR) is 122 cm³/mol. The second-order valence-corrected chi connectivity index (χ2v) is 8.74. The lowest BCUT2D eigenvalue weighted by molar-refractivity contribution is -0.668. The van der Waals surface area contributed by atoms with Gasteiger partial charge in [0.05, 0.1) is 25.8 Å². The van der Waals surface area contributed by atoms with Crippen LogP contribution in [0.25, 0.3) is 11.0 Å². The molecule has 10 heteroatoms. The van der Waals surface area contributed by atoms with E-state index in [0.717, 1.165) is 24.1 Å². The Balaban J connectivity index is 1.53. The van der Waals surface area contributed by atoms with Crippen LogP contribution in [-0.4, -0.2) is 97.6 Å². The topological polar surface area (TPSA) is 142 Å². The van der Waals surface area contributed by atoms with Crippen LogP contribution in [-0.2, 0) is 13.1 Å². The third-order valence-electron chi connectivity index (χ3n) is 6.51. The average Bonchev–Trinajstić information content (AvgIpc) is 3.20. The predicted octanol–water partition coefficient (Wildman–Crippen LogP) is -1.40. The van der Waals surface area contributed by atoms with Crippen molar-refractivity contribution >= 4 is 16.9 Å². The molecule has 2 heterocycles. The van der Waals surface area contributed by atoms with Crippen LogP contribution in [0, 0.1) is 0 Å². The van der Waals surface area contributed by atoms with Gasteiger partial charge in [-0.2, -0.15) is 0 Å². The lowest BCUT2D eigenvalue weighted by atomic mass is 10.0. The minimum Gasteiger partial charge on any atom is -0.394 e. The first kappa shape index (κ1) is 25.5. The van der Waals surface area contributed by atoms with Crippen molar-refractivity contribution in [3.8, 4) is 0 Å². The first-order valence-electron chi connectivity index (χ1n) is 11.7. The lowest BCUT2D eigenvalue weighted by Crippen LogP contribution is -2.52. The lowest BCUT2D eigenvalue weighted by Gasteiger charge is -2.35. The minimum absolute atomic E-state index is 0.00635. The largest absolute Gasteiger partial charge is 0.394 e. The van der Waals surface area contributed by atoms with Gasteiger partial charge in [0.2, 0.25) is 6.33 Å². The Hall–Kier alpha value is -2.08. The fourth-order valence-electron chi connectivity index (χ4n) is 4.40. The van der Waals surface area contributed by atoms with E-state index in [1.165, 1.54) is 0 Å². The van der Waals surface area contributed by atoms with Crippen molar-refractivity contribution in [2.45, 2.75) is 70.2 Å². The number of benzene rings is 1. The molecule has 3 rings (SSSR count). The number of piperidine rings is 1. The molecule has 1 aliphatic heterocycles. The summed E-state index contributed by atoms with van der Waals surface area (Å²) in [5, 5.41) is 51.3. The Morgan fingerprint density at radius 2 is 1.79 bits per heavy atom. The number of aromatic nitrogens is 2. The molecule has 1 aromatic carbocycles. The highest BCUT2D eigenvalue weighted by molar-refractivity contribution is 5.97. The van der Waals surface area contributed by atoms with E-state index < -0.39 is 31.0 Å². The molecular formula is C23H37N4O6+. The Morgan fingerprint density at radius 1 is 1.12 bits per heavy atom. The summed E-state index contributed by atoms with van der Waals surface area (Å²) >= 11 is 0. The van der Waals surface area contributed by atoms with Gasteiger partial charge in [0.15, 0.2) is 11.0 Å². The van der Waals surface area contributed by atoms with Crippen LogP contribution in [0.1, 0.15) is 37.0 Å². The number of carbonyl (C=O) groups is 1. The van der Waals surface area contributed by atoms with Crippen LogP contribution in [0.5, 0.6) is 0 Å². The maximum absolute atomic E-state index is 12.9. The normalized spacial score (nSPS) is 19.4. The molecule has 0 saturated carbocycles. The first-order chi connectivity index (χ1) is 15.8. The third kappa shape index (κ3) is 5.89. The van der Waals surface area contributed by atoms with Crippen molar-refractivity contribution in [3.63, 3.8) is 0 Å². The highest BCUT2D eigenvalue weighted by Crippen LogP contribution is 2.17. The molecule has 0 bridgehead atoms. The molecule has 2 aromatic rings. The monoisotopic (exact) mass is 465 g/mol. The van der Waals surface area contributed by atoms with Gasteiger partial charge in [-0.15, -0.1) is 0 Å². The Kier molecular flexibility index (Phi) is 8.80. The zero-order valence-electron chi connectivity index (χ0n) is 19.3. The summed E-state index contributed by atoms with van der Waals surface area (Å²) in [6.07, 6.45) is -2.51. The highest BCUT2D eigenvalue weighted by atomic mass is 16.4. The molecule has 33 heavy (non-hydrogen) atoms. The SMILES string of the molecule is CCn1c[n+](CC)c2ccc(C(=O)NC3CCN(C[C@H](O)[C@@H](O)[C@H](O)[C@H](O)CO)CC3)cc21. The number of carbonyl (C=O) groups excluding carboxylic acids is 1. The fraction of sp³-hybridized carbons (Fsp3) is 0.652. The molecule has 0 spiro atoms. The van der Waals surface area contributed by atoms with Gasteiger partial charge in [0.25, 0.3) is 5.91 Å². The van der Waals surface area contributed by atoms with Gasteiger partial charge in [-0.05, 0) is 38.8 Å². The van der Waals surface area contributed by atoms with Crippen molar-refractivity contribution in [1.82, 2.24) is 14.8 Å². The molecule has 1 saturated heterocycles. The van der Waals surface area contributed by atoms with Gasteiger partial charge >= 0.3 is 0 Å². The number of hydrogen-bond donors (Lipinski definition) is 6. The number of fused-ring (bicyclic) bond motifs is 1. The molecular weight excluding hydrogens is 428 g/mol. The Labute approximate surface area is 193 Å². The summed E-state index contributed by atoms with van der Waals surface area (Å²) in [4.78, 5) is 14.8. The van der Waals surface area contributed by atoms with Gasteiger partial charge in [-0.3, -0.25) is 4.79 Å². The van der Waals surface area contributed by atoms with Gasteiger partial charge in [-0.1, -0.05) is 0 Å². The number of likely N-dealkylation sites (tertiary alicyclic amines) is 1. The van der Waals surface area contributed by atoms with E-state index >= 15 is 0 Å². The summed E-state index contributed by atoms with van der Waals surface area (Å²) in [6.45, 7) is 6.50. The molecule has 0 aliphatic carbocycles. The maximum atomic E-state index is 12.9. The van der Waals surface area contributed by atoms with Crippen LogP contribution < -0.4 is 9.88 Å². The second kappa shape index (κ2) is 11.4. The Morgan fingerprint density at radius 3 is 2.39 bits per heavy atom. The average molecular weight is 466 g/mol. The standard InChI is InChI=1S/C23H36N4O6/c1-3-26-14-27(4-2)18-11-15(5-6-17(18)26)23(33)24-16-7-9-25(10-8-16)12-19(29)21(31)22(32)20(30)13-28/h5-6,11,14,16,19-22,28-32H,3-4,7-10,12-13H2,1-2H3/p+1/t19-,20+,21+,22+/m0/s1. The Bertz CT molecular complexity index is 927. The van der Waals surface area contributed by atoms with Gasteiger partial charge in [0, 0.05) is 37.3 Å². The van der Waals surface area contributed by atoms with E-state index in [1.54, 1.807) is 0 Å². The first-order valence-corrected chi connectivity index (χ1v) is 11.7. The number of rotatable bonds is 10. The quantitative estimate of drug-likeness (QED) is 0.237. The third-order valence-corrected chi connectivity index (χ3v) is 6.51. The zero-order chi connectivity index (χ0) is 24.1. The molecule has 10 nitrogen and oxygen atoms in total. The van der Waals surface area contributed by atoms with Crippen LogP contribution in [0.15, 0.2) is 24.5 Å². The highest BCUT2D eigenvalue weighted by Gasteiger charge is 2.32. The van der Waals surface area contributed by atoms with E-state index in [2.05, 4.69) is 34.6 Å². The number of imidazole rings is 1. The van der Waals surface area contributed by atoms with Crippen molar-refractivity contribution in [2.24, 2.45) is 0 Å². The number of aliphatic hydroxyl groups excluding tert-OH is 5. The number of β-amino-alcohol motifs (C(OH)–C–C–N with tert-alkyl or cyclic N) is 1. The number of nitrogens with one attached hydrogen (secondary N) is 1. The molecule has 6 N–H and O–H groups in total. The van der Waals surface area contributed by atoms with Crippen LogP contribution in [0.3, 0.4) is 0 Å².